The summed E-state index contributed by atoms with van der Waals surface area (Å²) in [6, 6.07) is 0. The van der Waals surface area contributed by atoms with Crippen LogP contribution >= 0.6 is 7.60 Å². The van der Waals surface area contributed by atoms with Gasteiger partial charge in [-0.25, -0.2) is 9.97 Å². The molecular weight excluding hydrogens is 261 g/mol. The minimum absolute atomic E-state index is 0.156. The first-order chi connectivity index (χ1) is 8.47. The van der Waals surface area contributed by atoms with Crippen LogP contribution in [0.3, 0.4) is 0 Å². The summed E-state index contributed by atoms with van der Waals surface area (Å²) in [5.74, 6) is 0.252. The molecule has 0 saturated heterocycles. The van der Waals surface area contributed by atoms with Crippen molar-refractivity contribution in [2.24, 2.45) is 0 Å². The van der Waals surface area contributed by atoms with Crippen LogP contribution in [0.1, 0.15) is 5.56 Å². The molecule has 0 bridgehead atoms. The highest BCUT2D eigenvalue weighted by molar-refractivity contribution is 7.51. The fraction of sp³-hybridized carbons (Fsp3) is 0.333. The molecule has 9 heteroatoms. The Morgan fingerprint density at radius 2 is 2.22 bits per heavy atom. The highest BCUT2D eigenvalue weighted by Gasteiger charge is 2.14. The number of anilines is 1. The third kappa shape index (κ3) is 3.05. The van der Waals surface area contributed by atoms with E-state index in [0.29, 0.717) is 17.5 Å². The quantitative estimate of drug-likeness (QED) is 0.530. The summed E-state index contributed by atoms with van der Waals surface area (Å²) in [7, 11) is -4.12. The number of rotatable bonds is 5. The second-order valence-corrected chi connectivity index (χ2v) is 5.24. The van der Waals surface area contributed by atoms with E-state index in [1.807, 2.05) is 0 Å². The van der Waals surface area contributed by atoms with Gasteiger partial charge in [-0.05, 0) is 0 Å². The topological polar surface area (TPSA) is 132 Å². The molecule has 0 amide bonds. The van der Waals surface area contributed by atoms with Crippen molar-refractivity contribution < 1.29 is 23.5 Å². The Hall–Kier alpha value is -1.47. The lowest BCUT2D eigenvalue weighted by Gasteiger charge is -2.04. The van der Waals surface area contributed by atoms with E-state index in [9.17, 15) is 4.57 Å². The molecule has 2 aromatic rings. The zero-order valence-electron chi connectivity index (χ0n) is 9.31. The number of furan rings is 1. The molecule has 2 heterocycles. The maximum absolute atomic E-state index is 10.6. The summed E-state index contributed by atoms with van der Waals surface area (Å²) in [5, 5.41) is 0. The van der Waals surface area contributed by atoms with E-state index in [1.165, 1.54) is 12.6 Å². The minimum Gasteiger partial charge on any atom is -0.458 e. The fourth-order valence-corrected chi connectivity index (χ4v) is 1.83. The van der Waals surface area contributed by atoms with Gasteiger partial charge in [0, 0.05) is 12.0 Å². The lowest BCUT2D eigenvalue weighted by Crippen LogP contribution is -2.01. The van der Waals surface area contributed by atoms with Gasteiger partial charge in [0.25, 0.3) is 0 Å². The monoisotopic (exact) mass is 273 g/mol. The zero-order chi connectivity index (χ0) is 13.2. The van der Waals surface area contributed by atoms with Gasteiger partial charge in [-0.1, -0.05) is 0 Å². The van der Waals surface area contributed by atoms with E-state index in [-0.39, 0.29) is 12.4 Å². The fourth-order valence-electron chi connectivity index (χ4n) is 1.46. The summed E-state index contributed by atoms with van der Waals surface area (Å²) in [4.78, 5) is 25.1. The normalized spacial score (nSPS) is 12.1. The number of nitrogens with two attached hydrogens (primary N) is 1. The van der Waals surface area contributed by atoms with Crippen molar-refractivity contribution in [1.82, 2.24) is 9.97 Å². The van der Waals surface area contributed by atoms with Crippen LogP contribution in [-0.2, 0) is 15.7 Å². The lowest BCUT2D eigenvalue weighted by atomic mass is 10.2. The summed E-state index contributed by atoms with van der Waals surface area (Å²) < 4.78 is 20.7. The van der Waals surface area contributed by atoms with Crippen LogP contribution in [-0.4, -0.2) is 32.7 Å². The van der Waals surface area contributed by atoms with E-state index >= 15 is 0 Å². The van der Waals surface area contributed by atoms with Crippen molar-refractivity contribution in [2.45, 2.75) is 6.42 Å². The number of nitrogens with zero attached hydrogens (tertiary/aromatic N) is 2. The van der Waals surface area contributed by atoms with Gasteiger partial charge in [0.2, 0.25) is 0 Å². The molecule has 0 saturated carbocycles. The minimum atomic E-state index is -4.12. The maximum Gasteiger partial charge on any atom is 0.350 e. The first-order valence-electron chi connectivity index (χ1n) is 5.06. The molecule has 0 unspecified atom stereocenters. The van der Waals surface area contributed by atoms with Crippen LogP contribution in [0.25, 0.3) is 11.1 Å². The van der Waals surface area contributed by atoms with Crippen molar-refractivity contribution in [3.8, 4) is 0 Å². The van der Waals surface area contributed by atoms with Crippen molar-refractivity contribution in [3.63, 3.8) is 0 Å². The van der Waals surface area contributed by atoms with Crippen LogP contribution in [0.4, 0.5) is 5.82 Å². The van der Waals surface area contributed by atoms with Crippen LogP contribution in [0, 0.1) is 0 Å². The van der Waals surface area contributed by atoms with Gasteiger partial charge >= 0.3 is 7.60 Å². The standard InChI is InChI=1S/C9H12N3O5P/c10-9-8-7(11-4-12-9)6(3-17-8)1-2-16-5-18(13,14)15/h3-4H,1-2,5H2,(H2,10,11,12)(H2,13,14,15). The molecule has 4 N–H and O–H groups in total. The molecule has 0 aliphatic carbocycles. The number of aromatic nitrogens is 2. The third-order valence-corrected chi connectivity index (χ3v) is 2.75. The Morgan fingerprint density at radius 1 is 1.44 bits per heavy atom. The number of hydrogen-bond donors (Lipinski definition) is 3. The second-order valence-electron chi connectivity index (χ2n) is 3.65. The van der Waals surface area contributed by atoms with Crippen molar-refractivity contribution in [2.75, 3.05) is 18.7 Å². The molecular formula is C9H12N3O5P. The Balaban J connectivity index is 2.00. The van der Waals surface area contributed by atoms with Gasteiger partial charge in [0.15, 0.2) is 11.4 Å². The van der Waals surface area contributed by atoms with E-state index in [2.05, 4.69) is 9.97 Å². The highest BCUT2D eigenvalue weighted by Crippen LogP contribution is 2.33. The smallest absolute Gasteiger partial charge is 0.350 e. The predicted octanol–water partition coefficient (Wildman–Crippen LogP) is 0.499. The molecule has 2 aromatic heterocycles. The number of ether oxygens (including phenoxy) is 1. The van der Waals surface area contributed by atoms with Gasteiger partial charge in [-0.15, -0.1) is 0 Å². The Bertz CT molecular complexity index is 593. The van der Waals surface area contributed by atoms with Crippen molar-refractivity contribution in [1.29, 1.82) is 0 Å². The summed E-state index contributed by atoms with van der Waals surface area (Å²) in [6.07, 6.45) is 2.63. The van der Waals surface area contributed by atoms with E-state index < -0.39 is 13.9 Å². The van der Waals surface area contributed by atoms with Gasteiger partial charge in [-0.2, -0.15) is 0 Å². The molecule has 0 aromatic carbocycles. The van der Waals surface area contributed by atoms with Crippen molar-refractivity contribution in [3.05, 3.63) is 18.2 Å². The molecule has 0 fully saturated rings. The van der Waals surface area contributed by atoms with Crippen molar-refractivity contribution >= 4 is 24.5 Å². The molecule has 0 atom stereocenters. The van der Waals surface area contributed by atoms with Gasteiger partial charge in [0.1, 0.15) is 18.2 Å². The first kappa shape index (κ1) is 13.0. The predicted molar refractivity (Wildman–Crippen MR) is 62.8 cm³/mol. The molecule has 0 aliphatic heterocycles. The first-order valence-corrected chi connectivity index (χ1v) is 6.86. The maximum atomic E-state index is 10.6. The third-order valence-electron chi connectivity index (χ3n) is 2.23. The van der Waals surface area contributed by atoms with Gasteiger partial charge in [-0.3, -0.25) is 4.57 Å². The summed E-state index contributed by atoms with van der Waals surface area (Å²) in [6.45, 7) is 0.156. The molecule has 18 heavy (non-hydrogen) atoms. The van der Waals surface area contributed by atoms with Gasteiger partial charge < -0.3 is 24.7 Å². The lowest BCUT2D eigenvalue weighted by molar-refractivity contribution is 0.160. The summed E-state index contributed by atoms with van der Waals surface area (Å²) >= 11 is 0. The van der Waals surface area contributed by atoms with Crippen LogP contribution in [0.2, 0.25) is 0 Å². The molecule has 8 nitrogen and oxygen atoms in total. The zero-order valence-corrected chi connectivity index (χ0v) is 10.2. The van der Waals surface area contributed by atoms with E-state index in [4.69, 9.17) is 24.7 Å². The summed E-state index contributed by atoms with van der Waals surface area (Å²) in [5.41, 5.74) is 7.35. The van der Waals surface area contributed by atoms with E-state index in [0.717, 1.165) is 5.56 Å². The Labute approximate surface area is 102 Å². The average Bonchev–Trinajstić information content (AvgIpc) is 2.68. The molecule has 0 aliphatic rings. The molecule has 98 valence electrons. The molecule has 2 rings (SSSR count). The Morgan fingerprint density at radius 3 is 2.94 bits per heavy atom. The molecule has 0 spiro atoms. The number of hydrogen-bond acceptors (Lipinski definition) is 6. The largest absolute Gasteiger partial charge is 0.458 e. The second kappa shape index (κ2) is 5.03. The van der Waals surface area contributed by atoms with E-state index in [1.54, 1.807) is 0 Å². The van der Waals surface area contributed by atoms with Gasteiger partial charge in [0.05, 0.1) is 12.9 Å². The Kier molecular flexibility index (Phi) is 3.63. The van der Waals surface area contributed by atoms with Crippen LogP contribution < -0.4 is 5.73 Å². The van der Waals surface area contributed by atoms with Crippen LogP contribution in [0.15, 0.2) is 17.0 Å². The number of nitrogen functional groups attached to an aromatic ring is 1. The highest BCUT2D eigenvalue weighted by atomic mass is 31.2. The number of fused-ring (bicyclic) bond motifs is 1. The SMILES string of the molecule is Nc1ncnc2c(CCOCP(=O)(O)O)coc12. The molecule has 0 radical (unpaired) electrons. The van der Waals surface area contributed by atoms with Crippen LogP contribution in [0.5, 0.6) is 0 Å². The average molecular weight is 273 g/mol.